The van der Waals surface area contributed by atoms with Crippen LogP contribution in [0.5, 0.6) is 0 Å². The number of thiophene rings is 1. The summed E-state index contributed by atoms with van der Waals surface area (Å²) in [6.45, 7) is 0. The summed E-state index contributed by atoms with van der Waals surface area (Å²) in [6.07, 6.45) is 0. The fourth-order valence-corrected chi connectivity index (χ4v) is 8.97. The van der Waals surface area contributed by atoms with Crippen LogP contribution >= 0.6 is 11.3 Å². The summed E-state index contributed by atoms with van der Waals surface area (Å²) in [5.74, 6) is 0.665. The van der Waals surface area contributed by atoms with Gasteiger partial charge in [-0.1, -0.05) is 115 Å². The molecule has 0 unspecified atom stereocenters. The third-order valence-electron chi connectivity index (χ3n) is 9.93. The van der Waals surface area contributed by atoms with Crippen molar-refractivity contribution in [2.24, 2.45) is 0 Å². The van der Waals surface area contributed by atoms with Crippen molar-refractivity contribution in [1.82, 2.24) is 19.1 Å². The predicted octanol–water partition coefficient (Wildman–Crippen LogP) is 11.9. The topological polar surface area (TPSA) is 35.6 Å². The van der Waals surface area contributed by atoms with Crippen molar-refractivity contribution in [1.29, 1.82) is 0 Å². The highest BCUT2D eigenvalue weighted by Crippen LogP contribution is 2.43. The van der Waals surface area contributed by atoms with Gasteiger partial charge in [-0.25, -0.2) is 9.97 Å². The summed E-state index contributed by atoms with van der Waals surface area (Å²) in [6, 6.07) is 56.3. The molecule has 11 aromatic rings. The van der Waals surface area contributed by atoms with Gasteiger partial charge in [-0.2, -0.15) is 0 Å². The van der Waals surface area contributed by atoms with Crippen molar-refractivity contribution < 1.29 is 0 Å². The van der Waals surface area contributed by atoms with E-state index in [1.807, 2.05) is 11.3 Å². The van der Waals surface area contributed by atoms with Crippen LogP contribution in [-0.2, 0) is 0 Å². The van der Waals surface area contributed by atoms with Gasteiger partial charge >= 0.3 is 0 Å². The Morgan fingerprint density at radius 2 is 0.980 bits per heavy atom. The molecule has 4 aromatic heterocycles. The molecule has 0 aliphatic rings. The second kappa shape index (κ2) is 10.1. The minimum absolute atomic E-state index is 0.665. The van der Waals surface area contributed by atoms with Gasteiger partial charge in [0.2, 0.25) is 5.95 Å². The molecule has 49 heavy (non-hydrogen) atoms. The molecule has 7 aromatic carbocycles. The highest BCUT2D eigenvalue weighted by atomic mass is 32.1. The number of fused-ring (bicyclic) bond motifs is 12. The lowest BCUT2D eigenvalue weighted by Crippen LogP contribution is -2.05. The first-order valence-electron chi connectivity index (χ1n) is 16.5. The van der Waals surface area contributed by atoms with E-state index in [-0.39, 0.29) is 0 Å². The highest BCUT2D eigenvalue weighted by Gasteiger charge is 2.24. The molecule has 0 spiro atoms. The molecular weight excluding hydrogens is 617 g/mol. The van der Waals surface area contributed by atoms with Crippen LogP contribution in [0, 0.1) is 0 Å². The van der Waals surface area contributed by atoms with Gasteiger partial charge in [0.1, 0.15) is 0 Å². The van der Waals surface area contributed by atoms with Gasteiger partial charge in [-0.05, 0) is 42.5 Å². The van der Waals surface area contributed by atoms with E-state index < -0.39 is 0 Å². The summed E-state index contributed by atoms with van der Waals surface area (Å²) in [7, 11) is 0. The molecule has 0 fully saturated rings. The summed E-state index contributed by atoms with van der Waals surface area (Å²) in [5.41, 5.74) is 8.58. The van der Waals surface area contributed by atoms with Gasteiger partial charge in [-0.3, -0.25) is 4.57 Å². The van der Waals surface area contributed by atoms with Crippen LogP contribution in [0.25, 0.3) is 97.6 Å². The molecule has 0 radical (unpaired) electrons. The largest absolute Gasteiger partial charge is 0.307 e. The van der Waals surface area contributed by atoms with E-state index in [2.05, 4.69) is 167 Å². The van der Waals surface area contributed by atoms with Crippen LogP contribution in [0.1, 0.15) is 0 Å². The van der Waals surface area contributed by atoms with Crippen molar-refractivity contribution in [2.45, 2.75) is 0 Å². The average molecular weight is 643 g/mol. The van der Waals surface area contributed by atoms with Crippen LogP contribution in [0.15, 0.2) is 158 Å². The fourth-order valence-electron chi connectivity index (χ4n) is 7.86. The number of hydrogen-bond acceptors (Lipinski definition) is 3. The SMILES string of the molecule is c1ccc(-c2nc(-n3c4ccccc4c4ccc5c6ccccc6n(-c6ccccc6)c5c43)nc3c2ccc2sc4ccccc4c23)cc1. The molecule has 11 rings (SSSR count). The molecule has 4 heterocycles. The lowest BCUT2D eigenvalue weighted by atomic mass is 10.0. The minimum atomic E-state index is 0.665. The average Bonchev–Trinajstić information content (AvgIpc) is 3.83. The van der Waals surface area contributed by atoms with E-state index >= 15 is 0 Å². The van der Waals surface area contributed by atoms with E-state index in [0.717, 1.165) is 44.4 Å². The number of hydrogen-bond donors (Lipinski definition) is 0. The van der Waals surface area contributed by atoms with E-state index in [9.17, 15) is 0 Å². The molecule has 0 aliphatic carbocycles. The second-order valence-electron chi connectivity index (χ2n) is 12.6. The molecule has 0 atom stereocenters. The van der Waals surface area contributed by atoms with E-state index in [1.54, 1.807) is 0 Å². The molecule has 5 heteroatoms. The Labute approximate surface area is 284 Å². The number of rotatable bonds is 3. The maximum Gasteiger partial charge on any atom is 0.235 e. The minimum Gasteiger partial charge on any atom is -0.307 e. The van der Waals surface area contributed by atoms with Crippen LogP contribution in [0.4, 0.5) is 0 Å². The van der Waals surface area contributed by atoms with Crippen molar-refractivity contribution in [3.05, 3.63) is 158 Å². The number of nitrogens with zero attached hydrogens (tertiary/aromatic N) is 4. The standard InChI is InChI=1S/C44H26N4S/c1-3-13-27(14-4-1)40-34-25-26-38-39(33-19-9-12-22-37(33)49-38)41(34)46-44(45-40)48-36-21-11-8-18-30(36)32-24-23-31-29-17-7-10-20-35(29)47(42(31)43(32)48)28-15-5-2-6-16-28/h1-26H. The summed E-state index contributed by atoms with van der Waals surface area (Å²) in [4.78, 5) is 11.1. The van der Waals surface area contributed by atoms with Gasteiger partial charge < -0.3 is 4.57 Å². The normalized spacial score (nSPS) is 12.1. The molecule has 0 amide bonds. The Balaban J connectivity index is 1.38. The zero-order valence-electron chi connectivity index (χ0n) is 26.2. The number of para-hydroxylation sites is 3. The Bertz CT molecular complexity index is 3100. The quantitative estimate of drug-likeness (QED) is 0.192. The monoisotopic (exact) mass is 642 g/mol. The lowest BCUT2D eigenvalue weighted by molar-refractivity contribution is 1.01. The lowest BCUT2D eigenvalue weighted by Gasteiger charge is -2.14. The zero-order valence-corrected chi connectivity index (χ0v) is 27.0. The van der Waals surface area contributed by atoms with Gasteiger partial charge in [0.15, 0.2) is 0 Å². The molecule has 0 saturated carbocycles. The smallest absolute Gasteiger partial charge is 0.235 e. The fraction of sp³-hybridized carbons (Fsp3) is 0. The highest BCUT2D eigenvalue weighted by molar-refractivity contribution is 7.26. The molecule has 0 saturated heterocycles. The van der Waals surface area contributed by atoms with E-state index in [1.165, 1.54) is 47.2 Å². The third kappa shape index (κ3) is 3.73. The molecule has 0 N–H and O–H groups in total. The van der Waals surface area contributed by atoms with Crippen molar-refractivity contribution in [3.8, 4) is 22.9 Å². The van der Waals surface area contributed by atoms with E-state index in [0.29, 0.717) is 5.95 Å². The first-order chi connectivity index (χ1) is 24.3. The van der Waals surface area contributed by atoms with Crippen LogP contribution < -0.4 is 0 Å². The van der Waals surface area contributed by atoms with E-state index in [4.69, 9.17) is 9.97 Å². The predicted molar refractivity (Wildman–Crippen MR) is 207 cm³/mol. The Kier molecular flexibility index (Phi) is 5.51. The molecule has 0 aliphatic heterocycles. The zero-order chi connectivity index (χ0) is 32.1. The van der Waals surface area contributed by atoms with Gasteiger partial charge in [-0.15, -0.1) is 11.3 Å². The third-order valence-corrected chi connectivity index (χ3v) is 11.1. The van der Waals surface area contributed by atoms with Gasteiger partial charge in [0, 0.05) is 58.4 Å². The Morgan fingerprint density at radius 3 is 1.71 bits per heavy atom. The van der Waals surface area contributed by atoms with Gasteiger partial charge in [0.25, 0.3) is 0 Å². The number of aromatic nitrogens is 4. The maximum absolute atomic E-state index is 5.57. The Morgan fingerprint density at radius 1 is 0.408 bits per heavy atom. The summed E-state index contributed by atoms with van der Waals surface area (Å²) < 4.78 is 7.21. The maximum atomic E-state index is 5.57. The van der Waals surface area contributed by atoms with Crippen LogP contribution in [-0.4, -0.2) is 19.1 Å². The van der Waals surface area contributed by atoms with Crippen molar-refractivity contribution in [3.63, 3.8) is 0 Å². The molecule has 4 nitrogen and oxygen atoms in total. The second-order valence-corrected chi connectivity index (χ2v) is 13.7. The molecular formula is C44H26N4S. The molecule has 228 valence electrons. The molecule has 0 bridgehead atoms. The Hall–Kier alpha value is -6.30. The number of benzene rings is 7. The van der Waals surface area contributed by atoms with Crippen molar-refractivity contribution >= 4 is 86.0 Å². The first-order valence-corrected chi connectivity index (χ1v) is 17.3. The summed E-state index contributed by atoms with van der Waals surface area (Å²) >= 11 is 1.82. The van der Waals surface area contributed by atoms with Crippen LogP contribution in [0.2, 0.25) is 0 Å². The summed E-state index contributed by atoms with van der Waals surface area (Å²) in [5, 5.41) is 8.23. The first kappa shape index (κ1) is 26.7. The van der Waals surface area contributed by atoms with Gasteiger partial charge in [0.05, 0.1) is 33.3 Å². The van der Waals surface area contributed by atoms with Crippen LogP contribution in [0.3, 0.4) is 0 Å². The van der Waals surface area contributed by atoms with Crippen molar-refractivity contribution in [2.75, 3.05) is 0 Å².